The van der Waals surface area contributed by atoms with Gasteiger partial charge in [0.05, 0.1) is 22.3 Å². The summed E-state index contributed by atoms with van der Waals surface area (Å²) in [6, 6.07) is 21.4. The number of para-hydroxylation sites is 1. The predicted octanol–water partition coefficient (Wildman–Crippen LogP) is 5.10. The number of benzene rings is 3. The minimum Gasteiger partial charge on any atom is -0.351 e. The quantitative estimate of drug-likeness (QED) is 0.315. The van der Waals surface area contributed by atoms with Gasteiger partial charge >= 0.3 is 0 Å². The number of halogens is 2. The van der Waals surface area contributed by atoms with Gasteiger partial charge in [0.1, 0.15) is 0 Å². The first kappa shape index (κ1) is 21.4. The summed E-state index contributed by atoms with van der Waals surface area (Å²) in [5.74, 6) is -0.0968. The van der Waals surface area contributed by atoms with Crippen molar-refractivity contribution >= 4 is 51.8 Å². The summed E-state index contributed by atoms with van der Waals surface area (Å²) in [7, 11) is 0. The zero-order valence-corrected chi connectivity index (χ0v) is 18.5. The molecule has 0 aliphatic heterocycles. The SMILES string of the molecule is O=C(CSc1nc2ccccc2c(=O)n1-c1cccc(Cl)c1)NCc1ccccc1Cl. The monoisotopic (exact) mass is 469 g/mol. The number of thioether (sulfide) groups is 1. The molecule has 0 spiro atoms. The zero-order chi connectivity index (χ0) is 21.8. The second kappa shape index (κ2) is 9.56. The lowest BCUT2D eigenvalue weighted by atomic mass is 10.2. The first-order valence-electron chi connectivity index (χ1n) is 9.43. The van der Waals surface area contributed by atoms with E-state index in [-0.39, 0.29) is 17.2 Å². The Morgan fingerprint density at radius 1 is 1.00 bits per heavy atom. The minimum atomic E-state index is -0.216. The molecule has 8 heteroatoms. The van der Waals surface area contributed by atoms with Crippen molar-refractivity contribution in [2.24, 2.45) is 0 Å². The summed E-state index contributed by atoms with van der Waals surface area (Å²) in [6.45, 7) is 0.325. The van der Waals surface area contributed by atoms with E-state index in [0.29, 0.717) is 38.3 Å². The van der Waals surface area contributed by atoms with E-state index in [1.807, 2.05) is 24.3 Å². The molecule has 0 unspecified atom stereocenters. The highest BCUT2D eigenvalue weighted by atomic mass is 35.5. The van der Waals surface area contributed by atoms with Crippen LogP contribution in [0.25, 0.3) is 16.6 Å². The van der Waals surface area contributed by atoms with Crippen LogP contribution in [0.5, 0.6) is 0 Å². The largest absolute Gasteiger partial charge is 0.351 e. The van der Waals surface area contributed by atoms with E-state index in [1.165, 1.54) is 16.3 Å². The first-order chi connectivity index (χ1) is 15.0. The Kier molecular flexibility index (Phi) is 6.61. The number of nitrogens with one attached hydrogen (secondary N) is 1. The third-order valence-electron chi connectivity index (χ3n) is 4.58. The topological polar surface area (TPSA) is 64.0 Å². The van der Waals surface area contributed by atoms with Crippen LogP contribution >= 0.6 is 35.0 Å². The molecule has 0 bridgehead atoms. The Morgan fingerprint density at radius 2 is 1.77 bits per heavy atom. The number of amides is 1. The number of hydrogen-bond acceptors (Lipinski definition) is 4. The van der Waals surface area contributed by atoms with Crippen LogP contribution in [0.15, 0.2) is 82.7 Å². The lowest BCUT2D eigenvalue weighted by molar-refractivity contribution is -0.118. The number of aromatic nitrogens is 2. The molecule has 1 amide bonds. The van der Waals surface area contributed by atoms with Crippen molar-refractivity contribution < 1.29 is 4.79 Å². The van der Waals surface area contributed by atoms with E-state index < -0.39 is 0 Å². The predicted molar refractivity (Wildman–Crippen MR) is 126 cm³/mol. The highest BCUT2D eigenvalue weighted by Crippen LogP contribution is 2.23. The number of fused-ring (bicyclic) bond motifs is 1. The molecule has 5 nitrogen and oxygen atoms in total. The van der Waals surface area contributed by atoms with Crippen molar-refractivity contribution in [2.45, 2.75) is 11.7 Å². The summed E-state index contributed by atoms with van der Waals surface area (Å²) in [5, 5.41) is 4.86. The van der Waals surface area contributed by atoms with Crippen LogP contribution in [0, 0.1) is 0 Å². The highest BCUT2D eigenvalue weighted by Gasteiger charge is 2.15. The van der Waals surface area contributed by atoms with Crippen molar-refractivity contribution in [1.29, 1.82) is 0 Å². The fourth-order valence-electron chi connectivity index (χ4n) is 3.07. The standard InChI is InChI=1S/C23H17Cl2N3O2S/c24-16-7-5-8-17(12-16)28-22(30)18-9-2-4-11-20(18)27-23(28)31-14-21(29)26-13-15-6-1-3-10-19(15)25/h1-12H,13-14H2,(H,26,29). The average Bonchev–Trinajstić information content (AvgIpc) is 2.77. The lowest BCUT2D eigenvalue weighted by Gasteiger charge is -2.13. The number of hydrogen-bond donors (Lipinski definition) is 1. The van der Waals surface area contributed by atoms with E-state index in [1.54, 1.807) is 48.5 Å². The third kappa shape index (κ3) is 4.93. The van der Waals surface area contributed by atoms with Gasteiger partial charge in [0.25, 0.3) is 5.56 Å². The van der Waals surface area contributed by atoms with E-state index in [0.717, 1.165) is 5.56 Å². The third-order valence-corrected chi connectivity index (χ3v) is 6.12. The van der Waals surface area contributed by atoms with Crippen LogP contribution in [-0.4, -0.2) is 21.2 Å². The Bertz CT molecular complexity index is 1320. The Morgan fingerprint density at radius 3 is 2.58 bits per heavy atom. The van der Waals surface area contributed by atoms with Gasteiger partial charge in [-0.05, 0) is 42.0 Å². The van der Waals surface area contributed by atoms with Crippen LogP contribution in [0.4, 0.5) is 0 Å². The normalized spacial score (nSPS) is 10.9. The van der Waals surface area contributed by atoms with Gasteiger partial charge in [-0.3, -0.25) is 14.2 Å². The highest BCUT2D eigenvalue weighted by molar-refractivity contribution is 7.99. The van der Waals surface area contributed by atoms with Crippen LogP contribution in [0.1, 0.15) is 5.56 Å². The first-order valence-corrected chi connectivity index (χ1v) is 11.2. The van der Waals surface area contributed by atoms with Crippen molar-refractivity contribution in [2.75, 3.05) is 5.75 Å². The number of carbonyl (C=O) groups excluding carboxylic acids is 1. The molecule has 1 aromatic heterocycles. The smallest absolute Gasteiger partial charge is 0.266 e. The van der Waals surface area contributed by atoms with Crippen LogP contribution in [0.3, 0.4) is 0 Å². The molecule has 4 rings (SSSR count). The Hall–Kier alpha value is -2.80. The lowest BCUT2D eigenvalue weighted by Crippen LogP contribution is -2.26. The molecule has 0 saturated heterocycles. The van der Waals surface area contributed by atoms with E-state index in [9.17, 15) is 9.59 Å². The summed E-state index contributed by atoms with van der Waals surface area (Å²) in [4.78, 5) is 30.3. The molecule has 0 aliphatic carbocycles. The maximum atomic E-state index is 13.2. The maximum Gasteiger partial charge on any atom is 0.266 e. The fraction of sp³-hybridized carbons (Fsp3) is 0.0870. The summed E-state index contributed by atoms with van der Waals surface area (Å²) < 4.78 is 1.49. The molecular weight excluding hydrogens is 453 g/mol. The summed E-state index contributed by atoms with van der Waals surface area (Å²) >= 11 is 13.5. The molecule has 0 atom stereocenters. The van der Waals surface area contributed by atoms with E-state index in [2.05, 4.69) is 10.3 Å². The van der Waals surface area contributed by atoms with Gasteiger partial charge in [-0.15, -0.1) is 0 Å². The number of rotatable bonds is 6. The van der Waals surface area contributed by atoms with Gasteiger partial charge in [-0.1, -0.05) is 71.4 Å². The maximum absolute atomic E-state index is 13.2. The second-order valence-electron chi connectivity index (χ2n) is 6.69. The molecule has 3 aromatic carbocycles. The minimum absolute atomic E-state index is 0.0931. The number of carbonyl (C=O) groups is 1. The van der Waals surface area contributed by atoms with Crippen molar-refractivity contribution in [3.63, 3.8) is 0 Å². The molecule has 4 aromatic rings. The Balaban J connectivity index is 1.60. The Labute approximate surface area is 193 Å². The fourth-order valence-corrected chi connectivity index (χ4v) is 4.30. The van der Waals surface area contributed by atoms with E-state index >= 15 is 0 Å². The molecule has 0 fully saturated rings. The van der Waals surface area contributed by atoms with Crippen LogP contribution in [-0.2, 0) is 11.3 Å². The molecule has 1 heterocycles. The molecular formula is C23H17Cl2N3O2S. The summed E-state index contributed by atoms with van der Waals surface area (Å²) in [5.41, 5.74) is 1.79. The molecule has 0 aliphatic rings. The summed E-state index contributed by atoms with van der Waals surface area (Å²) in [6.07, 6.45) is 0. The molecule has 31 heavy (non-hydrogen) atoms. The van der Waals surface area contributed by atoms with Crippen molar-refractivity contribution in [3.8, 4) is 5.69 Å². The van der Waals surface area contributed by atoms with E-state index in [4.69, 9.17) is 23.2 Å². The van der Waals surface area contributed by atoms with Gasteiger partial charge in [0, 0.05) is 16.6 Å². The molecule has 0 saturated carbocycles. The van der Waals surface area contributed by atoms with Crippen LogP contribution < -0.4 is 10.9 Å². The van der Waals surface area contributed by atoms with Gasteiger partial charge in [-0.2, -0.15) is 0 Å². The molecule has 0 radical (unpaired) electrons. The number of nitrogens with zero attached hydrogens (tertiary/aromatic N) is 2. The van der Waals surface area contributed by atoms with Gasteiger partial charge < -0.3 is 5.32 Å². The van der Waals surface area contributed by atoms with Gasteiger partial charge in [0.15, 0.2) is 5.16 Å². The molecule has 156 valence electrons. The zero-order valence-electron chi connectivity index (χ0n) is 16.2. The van der Waals surface area contributed by atoms with Crippen LogP contribution in [0.2, 0.25) is 10.0 Å². The van der Waals surface area contributed by atoms with Crippen molar-refractivity contribution in [3.05, 3.63) is 98.8 Å². The van der Waals surface area contributed by atoms with Crippen molar-refractivity contribution in [1.82, 2.24) is 14.9 Å². The average molecular weight is 470 g/mol. The molecule has 1 N–H and O–H groups in total. The van der Waals surface area contributed by atoms with Gasteiger partial charge in [-0.25, -0.2) is 4.98 Å². The second-order valence-corrected chi connectivity index (χ2v) is 8.47. The van der Waals surface area contributed by atoms with Gasteiger partial charge in [0.2, 0.25) is 5.91 Å².